The molecule has 1 saturated heterocycles. The quantitative estimate of drug-likeness (QED) is 0.713. The fourth-order valence-electron chi connectivity index (χ4n) is 2.97. The lowest BCUT2D eigenvalue weighted by atomic mass is 9.91. The van der Waals surface area contributed by atoms with Gasteiger partial charge in [0.15, 0.2) is 0 Å². The van der Waals surface area contributed by atoms with Crippen LogP contribution >= 0.6 is 0 Å². The second kappa shape index (κ2) is 6.59. The zero-order valence-electron chi connectivity index (χ0n) is 12.8. The maximum atomic E-state index is 11.1. The molecule has 0 radical (unpaired) electrons. The first kappa shape index (κ1) is 15.2. The summed E-state index contributed by atoms with van der Waals surface area (Å²) in [5, 5.41) is 22.9. The molecule has 0 spiro atoms. The lowest BCUT2D eigenvalue weighted by Crippen LogP contribution is -2.23. The molecule has 0 bridgehead atoms. The molecular weight excluding hydrogens is 298 g/mol. The fourth-order valence-corrected chi connectivity index (χ4v) is 2.97. The van der Waals surface area contributed by atoms with E-state index in [2.05, 4.69) is 30.7 Å². The molecule has 0 aromatic carbocycles. The van der Waals surface area contributed by atoms with Crippen molar-refractivity contribution >= 4 is 17.7 Å². The maximum Gasteiger partial charge on any atom is 0.303 e. The molecule has 0 amide bonds. The molecule has 3 heterocycles. The van der Waals surface area contributed by atoms with Crippen molar-refractivity contribution < 1.29 is 9.90 Å². The molecule has 0 unspecified atom stereocenters. The smallest absolute Gasteiger partial charge is 0.303 e. The van der Waals surface area contributed by atoms with Crippen LogP contribution in [0.1, 0.15) is 25.0 Å². The second-order valence-corrected chi connectivity index (χ2v) is 5.54. The number of aliphatic carboxylic acids is 1. The van der Waals surface area contributed by atoms with Gasteiger partial charge in [0.05, 0.1) is 18.3 Å². The van der Waals surface area contributed by atoms with Crippen molar-refractivity contribution in [1.82, 2.24) is 25.4 Å². The van der Waals surface area contributed by atoms with Gasteiger partial charge in [-0.15, -0.1) is 0 Å². The largest absolute Gasteiger partial charge is 0.481 e. The molecule has 3 N–H and O–H groups in total. The van der Waals surface area contributed by atoms with E-state index < -0.39 is 5.97 Å². The Kier molecular flexibility index (Phi) is 4.35. The summed E-state index contributed by atoms with van der Waals surface area (Å²) < 4.78 is 0. The predicted octanol–water partition coefficient (Wildman–Crippen LogP) is 0.721. The van der Waals surface area contributed by atoms with Crippen LogP contribution in [0.5, 0.6) is 0 Å². The van der Waals surface area contributed by atoms with Gasteiger partial charge in [-0.2, -0.15) is 20.4 Å². The van der Waals surface area contributed by atoms with Crippen molar-refractivity contribution in [1.29, 1.82) is 0 Å². The Morgan fingerprint density at radius 3 is 3.09 bits per heavy atom. The number of carbonyl (C=O) groups is 1. The monoisotopic (exact) mass is 317 g/mol. The number of nitrogens with zero attached hydrogens (tertiary/aromatic N) is 5. The van der Waals surface area contributed by atoms with Crippen LogP contribution in [-0.4, -0.2) is 56.1 Å². The Morgan fingerprint density at radius 1 is 1.52 bits per heavy atom. The zero-order valence-corrected chi connectivity index (χ0v) is 12.8. The third kappa shape index (κ3) is 3.38. The van der Waals surface area contributed by atoms with Crippen molar-refractivity contribution in [3.63, 3.8) is 0 Å². The van der Waals surface area contributed by atoms with Crippen LogP contribution in [0, 0.1) is 5.92 Å². The summed E-state index contributed by atoms with van der Waals surface area (Å²) in [5.74, 6) is 0.495. The predicted molar refractivity (Wildman–Crippen MR) is 83.3 cm³/mol. The van der Waals surface area contributed by atoms with Gasteiger partial charge in [-0.05, 0) is 18.9 Å². The minimum atomic E-state index is -0.812. The van der Waals surface area contributed by atoms with E-state index in [9.17, 15) is 4.79 Å². The van der Waals surface area contributed by atoms with E-state index in [4.69, 9.17) is 5.11 Å². The van der Waals surface area contributed by atoms with E-state index in [1.54, 1.807) is 12.4 Å². The summed E-state index contributed by atoms with van der Waals surface area (Å²) in [4.78, 5) is 22.0. The zero-order chi connectivity index (χ0) is 16.2. The molecular formula is C14H19N7O2. The van der Waals surface area contributed by atoms with Crippen LogP contribution < -0.4 is 10.2 Å². The van der Waals surface area contributed by atoms with Crippen LogP contribution in [-0.2, 0) is 4.79 Å². The van der Waals surface area contributed by atoms with Crippen LogP contribution in [0.25, 0.3) is 0 Å². The van der Waals surface area contributed by atoms with E-state index in [0.717, 1.165) is 18.1 Å². The number of H-pyrrole nitrogens is 1. The summed E-state index contributed by atoms with van der Waals surface area (Å²) in [6, 6.07) is 1.81. The number of rotatable bonds is 6. The minimum absolute atomic E-state index is 0.00348. The molecule has 122 valence electrons. The molecule has 0 aliphatic carbocycles. The average molecular weight is 317 g/mol. The Labute approximate surface area is 133 Å². The third-order valence-corrected chi connectivity index (χ3v) is 3.97. The topological polar surface area (TPSA) is 120 Å². The van der Waals surface area contributed by atoms with Crippen LogP contribution in [0.15, 0.2) is 18.5 Å². The van der Waals surface area contributed by atoms with Crippen molar-refractivity contribution in [3.8, 4) is 0 Å². The minimum Gasteiger partial charge on any atom is -0.481 e. The van der Waals surface area contributed by atoms with Gasteiger partial charge in [0.25, 0.3) is 0 Å². The average Bonchev–Trinajstić information content (AvgIpc) is 3.16. The molecule has 2 aromatic heterocycles. The Hall–Kier alpha value is -2.71. The molecule has 9 nitrogen and oxygen atoms in total. The van der Waals surface area contributed by atoms with Gasteiger partial charge >= 0.3 is 5.97 Å². The van der Waals surface area contributed by atoms with Crippen molar-refractivity contribution in [2.24, 2.45) is 5.92 Å². The number of aromatic nitrogens is 5. The standard InChI is InChI=1S/C14H19N7O2/c1-2-15-12-3-4-16-14(18-12)21-7-9(5-13(22)23)10(8-21)11-6-17-20-19-11/h3-4,6,9-10H,2,5,7-8H2,1H3,(H,22,23)(H,15,16,18)(H,17,19,20)/t9-,10+/m1/s1. The highest BCUT2D eigenvalue weighted by Gasteiger charge is 2.37. The number of carboxylic acid groups (broad SMARTS) is 1. The molecule has 23 heavy (non-hydrogen) atoms. The van der Waals surface area contributed by atoms with Crippen LogP contribution in [0.2, 0.25) is 0 Å². The highest BCUT2D eigenvalue weighted by molar-refractivity contribution is 5.67. The number of carboxylic acids is 1. The molecule has 0 saturated carbocycles. The maximum absolute atomic E-state index is 11.1. The normalized spacial score (nSPS) is 20.7. The second-order valence-electron chi connectivity index (χ2n) is 5.54. The molecule has 1 fully saturated rings. The highest BCUT2D eigenvalue weighted by atomic mass is 16.4. The van der Waals surface area contributed by atoms with Gasteiger partial charge in [0.1, 0.15) is 5.82 Å². The summed E-state index contributed by atoms with van der Waals surface area (Å²) in [7, 11) is 0. The summed E-state index contributed by atoms with van der Waals surface area (Å²) in [6.45, 7) is 3.99. The first-order valence-corrected chi connectivity index (χ1v) is 7.56. The number of anilines is 2. The number of aromatic amines is 1. The Morgan fingerprint density at radius 2 is 2.39 bits per heavy atom. The first-order chi connectivity index (χ1) is 11.2. The van der Waals surface area contributed by atoms with Crippen molar-refractivity contribution in [2.75, 3.05) is 29.9 Å². The number of hydrogen-bond donors (Lipinski definition) is 3. The van der Waals surface area contributed by atoms with Crippen molar-refractivity contribution in [2.45, 2.75) is 19.3 Å². The van der Waals surface area contributed by atoms with E-state index in [1.807, 2.05) is 17.9 Å². The Balaban J connectivity index is 1.81. The lowest BCUT2D eigenvalue weighted by molar-refractivity contribution is -0.138. The first-order valence-electron chi connectivity index (χ1n) is 7.56. The van der Waals surface area contributed by atoms with Gasteiger partial charge < -0.3 is 15.3 Å². The SMILES string of the molecule is CCNc1ccnc(N2C[C@@H](CC(=O)O)[C@@H](c3cn[nH]n3)C2)n1. The number of hydrogen-bond acceptors (Lipinski definition) is 7. The van der Waals surface area contributed by atoms with E-state index in [0.29, 0.717) is 19.0 Å². The molecule has 1 aliphatic rings. The number of nitrogens with one attached hydrogen (secondary N) is 2. The fraction of sp³-hybridized carbons (Fsp3) is 0.500. The van der Waals surface area contributed by atoms with Gasteiger partial charge in [-0.3, -0.25) is 4.79 Å². The summed E-state index contributed by atoms with van der Waals surface area (Å²) in [5.41, 5.74) is 0.779. The van der Waals surface area contributed by atoms with E-state index in [1.165, 1.54) is 0 Å². The van der Waals surface area contributed by atoms with Gasteiger partial charge in [-0.1, -0.05) is 0 Å². The molecule has 3 rings (SSSR count). The molecule has 1 aliphatic heterocycles. The third-order valence-electron chi connectivity index (χ3n) is 3.97. The van der Waals surface area contributed by atoms with E-state index >= 15 is 0 Å². The van der Waals surface area contributed by atoms with Gasteiger partial charge in [0, 0.05) is 31.7 Å². The van der Waals surface area contributed by atoms with Gasteiger partial charge in [0.2, 0.25) is 5.95 Å². The van der Waals surface area contributed by atoms with Gasteiger partial charge in [-0.25, -0.2) is 4.98 Å². The highest BCUT2D eigenvalue weighted by Crippen LogP contribution is 2.35. The Bertz CT molecular complexity index is 661. The molecule has 2 atom stereocenters. The van der Waals surface area contributed by atoms with E-state index in [-0.39, 0.29) is 18.3 Å². The molecule has 9 heteroatoms. The molecule has 2 aromatic rings. The summed E-state index contributed by atoms with van der Waals surface area (Å²) in [6.07, 6.45) is 3.44. The summed E-state index contributed by atoms with van der Waals surface area (Å²) >= 11 is 0. The van der Waals surface area contributed by atoms with Crippen LogP contribution in [0.3, 0.4) is 0 Å². The van der Waals surface area contributed by atoms with Crippen molar-refractivity contribution in [3.05, 3.63) is 24.2 Å². The van der Waals surface area contributed by atoms with Crippen LogP contribution in [0.4, 0.5) is 11.8 Å². The lowest BCUT2D eigenvalue weighted by Gasteiger charge is -2.16.